The summed E-state index contributed by atoms with van der Waals surface area (Å²) in [4.78, 5) is 31.5. The van der Waals surface area contributed by atoms with Gasteiger partial charge in [-0.15, -0.1) is 21.5 Å². The van der Waals surface area contributed by atoms with Gasteiger partial charge < -0.3 is 25.7 Å². The molecule has 0 bridgehead atoms. The Hall–Kier alpha value is -3.28. The summed E-state index contributed by atoms with van der Waals surface area (Å²) in [6.07, 6.45) is 3.10. The van der Waals surface area contributed by atoms with Crippen molar-refractivity contribution in [3.8, 4) is 0 Å². The summed E-state index contributed by atoms with van der Waals surface area (Å²) in [5, 5.41) is 25.4. The number of anilines is 1. The van der Waals surface area contributed by atoms with E-state index in [0.717, 1.165) is 20.7 Å². The third-order valence-electron chi connectivity index (χ3n) is 5.54. The topological polar surface area (TPSA) is 150 Å². The second-order valence-corrected chi connectivity index (χ2v) is 8.89. The number of fused-ring (bicyclic) bond motifs is 1. The van der Waals surface area contributed by atoms with Crippen molar-refractivity contribution in [1.82, 2.24) is 4.98 Å². The van der Waals surface area contributed by atoms with Crippen LogP contribution in [0.15, 0.2) is 54.9 Å². The van der Waals surface area contributed by atoms with Crippen LogP contribution in [0, 0.1) is 22.0 Å². The highest BCUT2D eigenvalue weighted by atomic mass is 32.1. The van der Waals surface area contributed by atoms with Gasteiger partial charge in [0.2, 0.25) is 0 Å². The Labute approximate surface area is 200 Å². The molecule has 0 fully saturated rings. The largest absolute Gasteiger partial charge is 0.461 e. The van der Waals surface area contributed by atoms with E-state index < -0.39 is 17.2 Å². The van der Waals surface area contributed by atoms with Crippen molar-refractivity contribution in [1.29, 1.82) is 0 Å². The molecule has 11 heteroatoms. The number of hydrogen-bond donors (Lipinski definition) is 3. The Morgan fingerprint density at radius 2 is 2.06 bits per heavy atom. The third-order valence-corrected chi connectivity index (χ3v) is 6.56. The first-order chi connectivity index (χ1) is 16.5. The molecule has 2 aromatic heterocycles. The van der Waals surface area contributed by atoms with E-state index in [0.29, 0.717) is 6.42 Å². The van der Waals surface area contributed by atoms with E-state index in [1.807, 2.05) is 42.5 Å². The number of aliphatic hydroxyl groups excluding tert-OH is 1. The van der Waals surface area contributed by atoms with Crippen molar-refractivity contribution < 1.29 is 24.6 Å². The van der Waals surface area contributed by atoms with E-state index in [-0.39, 0.29) is 44.5 Å². The van der Waals surface area contributed by atoms with Crippen LogP contribution < -0.4 is 11.1 Å². The maximum absolute atomic E-state index is 12.3. The predicted molar refractivity (Wildman–Crippen MR) is 128 cm³/mol. The molecule has 3 rings (SSSR count). The number of carbonyl (C=O) groups is 1. The molecule has 182 valence electrons. The van der Waals surface area contributed by atoms with Crippen molar-refractivity contribution in [2.75, 3.05) is 18.5 Å². The van der Waals surface area contributed by atoms with Crippen LogP contribution in [0.3, 0.4) is 0 Å². The number of nitrogens with zero attached hydrogens (tertiary/aromatic N) is 2. The van der Waals surface area contributed by atoms with E-state index in [4.69, 9.17) is 10.5 Å². The molecule has 34 heavy (non-hydrogen) atoms. The lowest BCUT2D eigenvalue weighted by Gasteiger charge is -2.30. The van der Waals surface area contributed by atoms with E-state index in [2.05, 4.69) is 15.1 Å². The lowest BCUT2D eigenvalue weighted by Crippen LogP contribution is -2.39. The number of thiophene rings is 1. The molecule has 0 aliphatic carbocycles. The number of rotatable bonds is 14. The number of aliphatic hydroxyl groups is 1. The van der Waals surface area contributed by atoms with Gasteiger partial charge in [0.15, 0.2) is 0 Å². The summed E-state index contributed by atoms with van der Waals surface area (Å²) in [5.74, 6) is -1.17. The van der Waals surface area contributed by atoms with Gasteiger partial charge in [-0.3, -0.25) is 9.78 Å². The fourth-order valence-corrected chi connectivity index (χ4v) is 4.71. The Kier molecular flexibility index (Phi) is 9.56. The van der Waals surface area contributed by atoms with Gasteiger partial charge in [-0.1, -0.05) is 30.3 Å². The minimum absolute atomic E-state index is 0.0910. The smallest absolute Gasteiger partial charge is 0.306 e. The normalized spacial score (nSPS) is 13.7. The summed E-state index contributed by atoms with van der Waals surface area (Å²) in [6, 6.07) is 13.1. The van der Waals surface area contributed by atoms with Crippen LogP contribution in [-0.2, 0) is 21.0 Å². The van der Waals surface area contributed by atoms with Crippen LogP contribution in [-0.4, -0.2) is 40.5 Å². The highest BCUT2D eigenvalue weighted by Crippen LogP contribution is 2.31. The second-order valence-electron chi connectivity index (χ2n) is 7.80. The molecule has 0 aliphatic heterocycles. The maximum atomic E-state index is 12.3. The van der Waals surface area contributed by atoms with Crippen LogP contribution in [0.2, 0.25) is 0 Å². The van der Waals surface area contributed by atoms with Crippen molar-refractivity contribution in [3.63, 3.8) is 0 Å². The number of carbonyl (C=O) groups excluding carboxylic acids is 1. The number of ether oxygens (including phenoxy) is 1. The summed E-state index contributed by atoms with van der Waals surface area (Å²) in [5.41, 5.74) is 6.86. The third kappa shape index (κ3) is 7.65. The molecule has 4 N–H and O–H groups in total. The van der Waals surface area contributed by atoms with Gasteiger partial charge in [0, 0.05) is 24.7 Å². The summed E-state index contributed by atoms with van der Waals surface area (Å²) >= 11 is 1.45. The van der Waals surface area contributed by atoms with Gasteiger partial charge in [-0.2, -0.15) is 0 Å². The molecular formula is C23H28N4O6S. The molecule has 0 spiro atoms. The zero-order chi connectivity index (χ0) is 24.3. The SMILES string of the molecule is NC[C@H]([C@H](CCO[N+](=O)[O-])CCC(=O)OCc1ccccc1)[C@H](O)Nc1cc2ccncc2s1. The first kappa shape index (κ1) is 25.3. The summed E-state index contributed by atoms with van der Waals surface area (Å²) in [7, 11) is 0. The Morgan fingerprint density at radius 1 is 1.26 bits per heavy atom. The Bertz CT molecular complexity index is 1030. The van der Waals surface area contributed by atoms with Gasteiger partial charge in [-0.05, 0) is 48.4 Å². The molecule has 1 aromatic carbocycles. The molecule has 3 atom stereocenters. The zero-order valence-electron chi connectivity index (χ0n) is 18.5. The highest BCUT2D eigenvalue weighted by Gasteiger charge is 2.28. The fraction of sp³-hybridized carbons (Fsp3) is 0.391. The van der Waals surface area contributed by atoms with Gasteiger partial charge in [-0.25, -0.2) is 0 Å². The first-order valence-corrected chi connectivity index (χ1v) is 11.7. The van der Waals surface area contributed by atoms with Crippen molar-refractivity contribution in [2.45, 2.75) is 32.1 Å². The van der Waals surface area contributed by atoms with Crippen molar-refractivity contribution >= 4 is 32.4 Å². The molecule has 3 aromatic rings. The molecule has 0 saturated heterocycles. The number of aromatic nitrogens is 1. The minimum atomic E-state index is -1.02. The summed E-state index contributed by atoms with van der Waals surface area (Å²) < 4.78 is 6.30. The average Bonchev–Trinajstić information content (AvgIpc) is 3.24. The van der Waals surface area contributed by atoms with Gasteiger partial charge in [0.25, 0.3) is 5.09 Å². The van der Waals surface area contributed by atoms with Gasteiger partial charge in [0.1, 0.15) is 12.8 Å². The number of hydrogen-bond acceptors (Lipinski definition) is 10. The Morgan fingerprint density at radius 3 is 2.76 bits per heavy atom. The van der Waals surface area contributed by atoms with Crippen LogP contribution in [0.25, 0.3) is 10.1 Å². The number of pyridine rings is 1. The minimum Gasteiger partial charge on any atom is -0.461 e. The molecule has 0 saturated carbocycles. The van der Waals surface area contributed by atoms with E-state index in [9.17, 15) is 20.0 Å². The Balaban J connectivity index is 1.60. The fourth-order valence-electron chi connectivity index (χ4n) is 3.75. The number of esters is 1. The summed E-state index contributed by atoms with van der Waals surface area (Å²) in [6.45, 7) is 0.122. The van der Waals surface area contributed by atoms with Crippen LogP contribution >= 0.6 is 11.3 Å². The van der Waals surface area contributed by atoms with Gasteiger partial charge in [0.05, 0.1) is 16.3 Å². The lowest BCUT2D eigenvalue weighted by atomic mass is 9.84. The first-order valence-electron chi connectivity index (χ1n) is 10.9. The van der Waals surface area contributed by atoms with Crippen LogP contribution in [0.1, 0.15) is 24.8 Å². The van der Waals surface area contributed by atoms with Crippen molar-refractivity contribution in [3.05, 3.63) is 70.5 Å². The van der Waals surface area contributed by atoms with Crippen molar-refractivity contribution in [2.24, 2.45) is 17.6 Å². The molecule has 0 aliphatic rings. The van der Waals surface area contributed by atoms with E-state index in [1.165, 1.54) is 11.3 Å². The second kappa shape index (κ2) is 12.8. The molecule has 10 nitrogen and oxygen atoms in total. The molecule has 2 heterocycles. The molecule has 0 unspecified atom stereocenters. The van der Waals surface area contributed by atoms with Gasteiger partial charge >= 0.3 is 5.97 Å². The molecule has 0 amide bonds. The number of benzene rings is 1. The monoisotopic (exact) mass is 488 g/mol. The standard InChI is InChI=1S/C23H28N4O6S/c24-13-19(23(29)26-21-12-18-8-10-25-14-20(18)34-21)17(9-11-33-27(30)31)6-7-22(28)32-15-16-4-2-1-3-5-16/h1-5,8,10,12,14,17,19,23,26,29H,6-7,9,11,13,15,24H2/t17-,19+,23-/m0/s1. The predicted octanol–water partition coefficient (Wildman–Crippen LogP) is 3.34. The highest BCUT2D eigenvalue weighted by molar-refractivity contribution is 7.22. The zero-order valence-corrected chi connectivity index (χ0v) is 19.4. The number of nitrogens with two attached hydrogens (primary N) is 1. The maximum Gasteiger partial charge on any atom is 0.306 e. The van der Waals surface area contributed by atoms with E-state index in [1.54, 1.807) is 12.4 Å². The van der Waals surface area contributed by atoms with E-state index >= 15 is 0 Å². The quantitative estimate of drug-likeness (QED) is 0.134. The average molecular weight is 489 g/mol. The van der Waals surface area contributed by atoms with Crippen LogP contribution in [0.5, 0.6) is 0 Å². The number of nitrogens with one attached hydrogen (secondary N) is 1. The molecular weight excluding hydrogens is 460 g/mol. The molecule has 0 radical (unpaired) electrons. The van der Waals surface area contributed by atoms with Crippen LogP contribution in [0.4, 0.5) is 5.00 Å². The lowest BCUT2D eigenvalue weighted by molar-refractivity contribution is -0.758.